The predicted molar refractivity (Wildman–Crippen MR) is 138 cm³/mol. The van der Waals surface area contributed by atoms with Crippen molar-refractivity contribution < 1.29 is 9.53 Å². The fourth-order valence-electron chi connectivity index (χ4n) is 3.66. The van der Waals surface area contributed by atoms with Gasteiger partial charge in [0, 0.05) is 16.3 Å². The molecule has 1 N–H and O–H groups in total. The lowest BCUT2D eigenvalue weighted by Gasteiger charge is -2.12. The summed E-state index contributed by atoms with van der Waals surface area (Å²) in [6.07, 6.45) is 1.50. The summed E-state index contributed by atoms with van der Waals surface area (Å²) in [5.41, 5.74) is 4.36. The van der Waals surface area contributed by atoms with Crippen LogP contribution >= 0.6 is 11.6 Å². The monoisotopic (exact) mass is 466 g/mol. The average molecular weight is 467 g/mol. The zero-order valence-corrected chi connectivity index (χ0v) is 19.7. The minimum Gasteiger partial charge on any atom is -0.488 e. The molecule has 0 aliphatic rings. The summed E-state index contributed by atoms with van der Waals surface area (Å²) in [4.78, 5) is 12.8. The predicted octanol–water partition coefficient (Wildman–Crippen LogP) is 7.23. The third-order valence-corrected chi connectivity index (χ3v) is 5.90. The van der Waals surface area contributed by atoms with Crippen LogP contribution in [0, 0.1) is 25.2 Å². The van der Waals surface area contributed by atoms with Gasteiger partial charge in [-0.2, -0.15) is 5.26 Å². The number of carbonyl (C=O) groups excluding carboxylic acids is 1. The number of amides is 1. The van der Waals surface area contributed by atoms with Gasteiger partial charge in [-0.05, 0) is 77.7 Å². The number of hydrogen-bond donors (Lipinski definition) is 1. The lowest BCUT2D eigenvalue weighted by molar-refractivity contribution is -0.112. The third-order valence-electron chi connectivity index (χ3n) is 5.66. The van der Waals surface area contributed by atoms with Crippen molar-refractivity contribution in [1.29, 1.82) is 5.26 Å². The number of rotatable bonds is 6. The largest absolute Gasteiger partial charge is 0.488 e. The van der Waals surface area contributed by atoms with Gasteiger partial charge >= 0.3 is 0 Å². The van der Waals surface area contributed by atoms with Crippen molar-refractivity contribution in [3.8, 4) is 11.8 Å². The zero-order valence-electron chi connectivity index (χ0n) is 18.9. The third kappa shape index (κ3) is 5.28. The second-order valence-electron chi connectivity index (χ2n) is 8.03. The maximum atomic E-state index is 12.8. The van der Waals surface area contributed by atoms with Crippen molar-refractivity contribution in [2.45, 2.75) is 20.5 Å². The summed E-state index contributed by atoms with van der Waals surface area (Å²) in [6, 6.07) is 26.9. The Bertz CT molecular complexity index is 1450. The van der Waals surface area contributed by atoms with Crippen LogP contribution in [0.15, 0.2) is 84.4 Å². The number of nitrogens with one attached hydrogen (secondary N) is 1. The van der Waals surface area contributed by atoms with Crippen molar-refractivity contribution >= 4 is 40.0 Å². The van der Waals surface area contributed by atoms with Gasteiger partial charge in [-0.25, -0.2) is 0 Å². The van der Waals surface area contributed by atoms with Gasteiger partial charge in [0.2, 0.25) is 0 Å². The first-order chi connectivity index (χ1) is 16.4. The van der Waals surface area contributed by atoms with E-state index >= 15 is 0 Å². The van der Waals surface area contributed by atoms with Crippen LogP contribution in [-0.4, -0.2) is 5.91 Å². The number of nitrogens with zero attached hydrogens (tertiary/aromatic N) is 1. The number of aryl methyl sites for hydroxylation is 2. The molecule has 168 valence electrons. The molecule has 4 nitrogen and oxygen atoms in total. The van der Waals surface area contributed by atoms with E-state index < -0.39 is 5.91 Å². The van der Waals surface area contributed by atoms with Crippen LogP contribution in [0.2, 0.25) is 5.02 Å². The molecule has 1 amide bonds. The quantitative estimate of drug-likeness (QED) is 0.241. The van der Waals surface area contributed by atoms with E-state index in [9.17, 15) is 10.1 Å². The molecule has 0 aliphatic carbocycles. The summed E-state index contributed by atoms with van der Waals surface area (Å²) < 4.78 is 6.11. The first-order valence-corrected chi connectivity index (χ1v) is 11.2. The molecule has 0 saturated heterocycles. The first kappa shape index (κ1) is 23.1. The lowest BCUT2D eigenvalue weighted by Crippen LogP contribution is -2.13. The molecule has 0 unspecified atom stereocenters. The highest BCUT2D eigenvalue weighted by Crippen LogP contribution is 2.28. The molecule has 0 aromatic heterocycles. The maximum Gasteiger partial charge on any atom is 0.266 e. The Morgan fingerprint density at radius 1 is 1.00 bits per heavy atom. The first-order valence-electron chi connectivity index (χ1n) is 10.8. The van der Waals surface area contributed by atoms with Crippen LogP contribution in [0.1, 0.15) is 22.3 Å². The molecule has 5 heteroatoms. The number of benzene rings is 4. The van der Waals surface area contributed by atoms with Crippen LogP contribution in [0.4, 0.5) is 5.69 Å². The summed E-state index contributed by atoms with van der Waals surface area (Å²) in [7, 11) is 0. The molecule has 0 heterocycles. The Morgan fingerprint density at radius 2 is 1.79 bits per heavy atom. The van der Waals surface area contributed by atoms with Crippen molar-refractivity contribution in [1.82, 2.24) is 0 Å². The average Bonchev–Trinajstić information content (AvgIpc) is 2.84. The molecule has 4 aromatic carbocycles. The Labute approximate surface area is 204 Å². The van der Waals surface area contributed by atoms with Crippen molar-refractivity contribution in [2.75, 3.05) is 5.32 Å². The molecule has 0 saturated carbocycles. The van der Waals surface area contributed by atoms with Gasteiger partial charge in [-0.15, -0.1) is 0 Å². The second-order valence-corrected chi connectivity index (χ2v) is 8.47. The number of ether oxygens (including phenoxy) is 1. The number of fused-ring (bicyclic) bond motifs is 1. The smallest absolute Gasteiger partial charge is 0.266 e. The van der Waals surface area contributed by atoms with E-state index in [1.54, 1.807) is 18.2 Å². The number of halogens is 1. The number of anilines is 1. The fraction of sp³-hybridized carbons (Fsp3) is 0.103. The van der Waals surface area contributed by atoms with Gasteiger partial charge in [-0.1, -0.05) is 60.1 Å². The summed E-state index contributed by atoms with van der Waals surface area (Å²) >= 11 is 6.21. The summed E-state index contributed by atoms with van der Waals surface area (Å²) in [5, 5.41) is 15.2. The van der Waals surface area contributed by atoms with Gasteiger partial charge in [0.05, 0.1) is 0 Å². The topological polar surface area (TPSA) is 62.1 Å². The van der Waals surface area contributed by atoms with Crippen LogP contribution in [0.3, 0.4) is 0 Å². The molecule has 0 atom stereocenters. The van der Waals surface area contributed by atoms with Crippen LogP contribution in [0.5, 0.6) is 5.75 Å². The summed E-state index contributed by atoms with van der Waals surface area (Å²) in [5.74, 6) is 0.0368. The van der Waals surface area contributed by atoms with Gasteiger partial charge < -0.3 is 10.1 Å². The molecular formula is C29H23ClN2O2. The minimum absolute atomic E-state index is 0.0458. The molecular weight excluding hydrogens is 444 g/mol. The highest BCUT2D eigenvalue weighted by Gasteiger charge is 2.13. The van der Waals surface area contributed by atoms with Crippen molar-refractivity contribution in [2.24, 2.45) is 0 Å². The number of carbonyl (C=O) groups is 1. The lowest BCUT2D eigenvalue weighted by atomic mass is 10.1. The summed E-state index contributed by atoms with van der Waals surface area (Å²) in [6.45, 7) is 4.30. The van der Waals surface area contributed by atoms with Gasteiger partial charge in [-0.3, -0.25) is 4.79 Å². The van der Waals surface area contributed by atoms with E-state index in [0.29, 0.717) is 28.6 Å². The van der Waals surface area contributed by atoms with Crippen molar-refractivity contribution in [3.05, 3.63) is 112 Å². The number of hydrogen-bond acceptors (Lipinski definition) is 3. The molecule has 0 bridgehead atoms. The Hall–Kier alpha value is -4.07. The normalized spacial score (nSPS) is 11.2. The van der Waals surface area contributed by atoms with E-state index in [-0.39, 0.29) is 5.57 Å². The van der Waals surface area contributed by atoms with Crippen LogP contribution in [-0.2, 0) is 11.4 Å². The SMILES string of the molecule is Cc1ccc(NC(=O)/C(C#N)=C/c2cc(Cl)ccc2OCc2cccc3ccccc23)cc1C. The van der Waals surface area contributed by atoms with E-state index in [4.69, 9.17) is 16.3 Å². The Morgan fingerprint density at radius 3 is 2.59 bits per heavy atom. The Balaban J connectivity index is 1.59. The highest BCUT2D eigenvalue weighted by molar-refractivity contribution is 6.30. The number of nitriles is 1. The molecule has 0 aliphatic heterocycles. The molecule has 4 aromatic rings. The standard InChI is InChI=1S/C29H23ClN2O2/c1-19-10-12-26(14-20(19)2)32-29(33)24(17-31)15-23-16-25(30)11-13-28(23)34-18-22-8-5-7-21-6-3-4-9-27(21)22/h3-16H,18H2,1-2H3,(H,32,33)/b24-15+. The molecule has 0 spiro atoms. The van der Waals surface area contributed by atoms with E-state index in [2.05, 4.69) is 23.5 Å². The molecule has 34 heavy (non-hydrogen) atoms. The van der Waals surface area contributed by atoms with E-state index in [1.165, 1.54) is 6.08 Å². The van der Waals surface area contributed by atoms with E-state index in [0.717, 1.165) is 27.5 Å². The highest BCUT2D eigenvalue weighted by atomic mass is 35.5. The van der Waals surface area contributed by atoms with Crippen LogP contribution in [0.25, 0.3) is 16.8 Å². The van der Waals surface area contributed by atoms with Gasteiger partial charge in [0.15, 0.2) is 0 Å². The molecule has 4 rings (SSSR count). The fourth-order valence-corrected chi connectivity index (χ4v) is 3.84. The maximum absolute atomic E-state index is 12.8. The van der Waals surface area contributed by atoms with E-state index in [1.807, 2.05) is 62.4 Å². The molecule has 0 radical (unpaired) electrons. The zero-order chi connectivity index (χ0) is 24.1. The van der Waals surface area contributed by atoms with Crippen LogP contribution < -0.4 is 10.1 Å². The Kier molecular flexibility index (Phi) is 6.96. The van der Waals surface area contributed by atoms with Crippen molar-refractivity contribution in [3.63, 3.8) is 0 Å². The second kappa shape index (κ2) is 10.2. The van der Waals surface area contributed by atoms with Gasteiger partial charge in [0.25, 0.3) is 5.91 Å². The molecule has 0 fully saturated rings. The van der Waals surface area contributed by atoms with Gasteiger partial charge in [0.1, 0.15) is 24.0 Å². The minimum atomic E-state index is -0.495.